The van der Waals surface area contributed by atoms with Crippen molar-refractivity contribution in [3.05, 3.63) is 22.8 Å². The molecule has 102 valence electrons. The van der Waals surface area contributed by atoms with Crippen LogP contribution in [0.1, 0.15) is 20.8 Å². The van der Waals surface area contributed by atoms with Gasteiger partial charge in [-0.3, -0.25) is 5.73 Å². The molecule has 1 aromatic rings. The third-order valence-electron chi connectivity index (χ3n) is 3.24. The Hall–Kier alpha value is -0.433. The van der Waals surface area contributed by atoms with Crippen LogP contribution in [0.5, 0.6) is 0 Å². The molecule has 0 aliphatic rings. The number of pyridine rings is 1. The lowest BCUT2D eigenvalue weighted by molar-refractivity contribution is 0.214. The predicted molar refractivity (Wildman–Crippen MR) is 81.8 cm³/mol. The van der Waals surface area contributed by atoms with Gasteiger partial charge in [-0.25, -0.2) is 4.98 Å². The number of rotatable bonds is 4. The fourth-order valence-corrected chi connectivity index (χ4v) is 2.54. The summed E-state index contributed by atoms with van der Waals surface area (Å²) in [6.07, 6.45) is 1.18. The number of halogens is 1. The lowest BCUT2D eigenvalue weighted by atomic mass is 10.2. The van der Waals surface area contributed by atoms with Gasteiger partial charge in [0, 0.05) is 10.7 Å². The van der Waals surface area contributed by atoms with Crippen molar-refractivity contribution < 1.29 is 4.43 Å². The van der Waals surface area contributed by atoms with Crippen molar-refractivity contribution in [2.45, 2.75) is 45.3 Å². The Bertz CT molecular complexity index is 407. The van der Waals surface area contributed by atoms with E-state index < -0.39 is 14.7 Å². The molecular formula is C12H22BrN3OSi. The molecule has 0 aromatic carbocycles. The Labute approximate surface area is 119 Å². The van der Waals surface area contributed by atoms with Crippen molar-refractivity contribution in [2.75, 3.05) is 5.32 Å². The molecule has 1 unspecified atom stereocenters. The van der Waals surface area contributed by atoms with Crippen molar-refractivity contribution >= 4 is 30.1 Å². The zero-order valence-electron chi connectivity index (χ0n) is 11.6. The first kappa shape index (κ1) is 15.6. The molecule has 4 nitrogen and oxygen atoms in total. The molecule has 18 heavy (non-hydrogen) atoms. The van der Waals surface area contributed by atoms with Gasteiger partial charge in [0.1, 0.15) is 5.82 Å². The molecule has 0 radical (unpaired) electrons. The van der Waals surface area contributed by atoms with E-state index in [2.05, 4.69) is 60.1 Å². The van der Waals surface area contributed by atoms with Crippen molar-refractivity contribution in [3.63, 3.8) is 0 Å². The summed E-state index contributed by atoms with van der Waals surface area (Å²) in [6, 6.07) is 3.74. The van der Waals surface area contributed by atoms with Gasteiger partial charge in [-0.05, 0) is 30.3 Å². The topological polar surface area (TPSA) is 60.2 Å². The van der Waals surface area contributed by atoms with E-state index in [-0.39, 0.29) is 5.04 Å². The zero-order valence-corrected chi connectivity index (χ0v) is 14.2. The van der Waals surface area contributed by atoms with Gasteiger partial charge in [-0.15, -0.1) is 0 Å². The van der Waals surface area contributed by atoms with Gasteiger partial charge in [0.2, 0.25) is 0 Å². The molecule has 0 fully saturated rings. The second-order valence-electron chi connectivity index (χ2n) is 5.80. The highest BCUT2D eigenvalue weighted by atomic mass is 79.9. The average Bonchev–Trinajstić information content (AvgIpc) is 2.14. The second kappa shape index (κ2) is 5.69. The average molecular weight is 332 g/mol. The first-order chi connectivity index (χ1) is 8.12. The van der Waals surface area contributed by atoms with E-state index in [4.69, 9.17) is 10.2 Å². The van der Waals surface area contributed by atoms with Crippen LogP contribution in [-0.4, -0.2) is 19.7 Å². The maximum Gasteiger partial charge on any atom is 0.196 e. The summed E-state index contributed by atoms with van der Waals surface area (Å²) in [6.45, 7) is 10.9. The first-order valence-corrected chi connectivity index (χ1v) is 9.63. The largest absolute Gasteiger partial charge is 0.386 e. The number of anilines is 1. The van der Waals surface area contributed by atoms with Gasteiger partial charge in [-0.2, -0.15) is 0 Å². The minimum absolute atomic E-state index is 0.136. The maximum atomic E-state index is 6.00. The molecule has 0 saturated heterocycles. The van der Waals surface area contributed by atoms with E-state index in [1.54, 1.807) is 6.20 Å². The van der Waals surface area contributed by atoms with Gasteiger partial charge in [0.15, 0.2) is 14.7 Å². The summed E-state index contributed by atoms with van der Waals surface area (Å²) < 4.78 is 6.95. The molecule has 0 aliphatic carbocycles. The Kier molecular flexibility index (Phi) is 4.94. The normalized spacial score (nSPS) is 14.4. The van der Waals surface area contributed by atoms with E-state index in [0.29, 0.717) is 5.82 Å². The van der Waals surface area contributed by atoms with Gasteiger partial charge < -0.3 is 9.74 Å². The quantitative estimate of drug-likeness (QED) is 0.654. The van der Waals surface area contributed by atoms with E-state index in [1.165, 1.54) is 0 Å². The van der Waals surface area contributed by atoms with Crippen LogP contribution in [0.4, 0.5) is 5.82 Å². The van der Waals surface area contributed by atoms with Crippen molar-refractivity contribution in [1.82, 2.24) is 4.98 Å². The lowest BCUT2D eigenvalue weighted by Gasteiger charge is -2.38. The molecule has 0 spiro atoms. The summed E-state index contributed by atoms with van der Waals surface area (Å²) >= 11 is 3.39. The fourth-order valence-electron chi connectivity index (χ4n) is 1.15. The molecule has 1 rings (SSSR count). The lowest BCUT2D eigenvalue weighted by Crippen LogP contribution is -2.49. The summed E-state index contributed by atoms with van der Waals surface area (Å²) in [7, 11) is -1.86. The van der Waals surface area contributed by atoms with Crippen LogP contribution in [0.15, 0.2) is 22.8 Å². The first-order valence-electron chi connectivity index (χ1n) is 5.93. The monoisotopic (exact) mass is 331 g/mol. The van der Waals surface area contributed by atoms with Gasteiger partial charge >= 0.3 is 0 Å². The molecule has 3 N–H and O–H groups in total. The minimum atomic E-state index is -1.86. The third-order valence-corrected chi connectivity index (χ3v) is 8.19. The van der Waals surface area contributed by atoms with E-state index in [9.17, 15) is 0 Å². The standard InChI is InChI=1S/C12H22BrN3OSi/c1-12(2,3)18(4,5)17-11(14)16-10-8-9(13)6-7-15-10/h6-8,11H,14H2,1-5H3,(H,15,16). The van der Waals surface area contributed by atoms with Crippen molar-refractivity contribution in [2.24, 2.45) is 5.73 Å². The Balaban J connectivity index is 2.65. The highest BCUT2D eigenvalue weighted by molar-refractivity contribution is 9.10. The summed E-state index contributed by atoms with van der Waals surface area (Å²) in [4.78, 5) is 4.19. The molecule has 0 aliphatic heterocycles. The summed E-state index contributed by atoms with van der Waals surface area (Å²) in [5.41, 5.74) is 5.98. The summed E-state index contributed by atoms with van der Waals surface area (Å²) in [5.74, 6) is 0.704. The van der Waals surface area contributed by atoms with Crippen LogP contribution >= 0.6 is 15.9 Å². The van der Waals surface area contributed by atoms with Crippen LogP contribution in [0.2, 0.25) is 18.1 Å². The number of hydrogen-bond acceptors (Lipinski definition) is 4. The Morgan fingerprint density at radius 3 is 2.56 bits per heavy atom. The smallest absolute Gasteiger partial charge is 0.196 e. The van der Waals surface area contributed by atoms with Crippen LogP contribution in [0, 0.1) is 0 Å². The third kappa shape index (κ3) is 4.35. The number of nitrogens with one attached hydrogen (secondary N) is 1. The van der Waals surface area contributed by atoms with Crippen LogP contribution in [0.25, 0.3) is 0 Å². The molecule has 0 amide bonds. The predicted octanol–water partition coefficient (Wildman–Crippen LogP) is 3.52. The molecule has 1 aromatic heterocycles. The molecule has 6 heteroatoms. The Morgan fingerprint density at radius 2 is 2.06 bits per heavy atom. The van der Waals surface area contributed by atoms with Gasteiger partial charge in [0.05, 0.1) is 0 Å². The van der Waals surface area contributed by atoms with Gasteiger partial charge in [-0.1, -0.05) is 36.7 Å². The molecule has 0 saturated carbocycles. The number of nitrogens with two attached hydrogens (primary N) is 1. The van der Waals surface area contributed by atoms with Gasteiger partial charge in [0.25, 0.3) is 0 Å². The van der Waals surface area contributed by atoms with Crippen LogP contribution < -0.4 is 11.1 Å². The molecule has 1 heterocycles. The molecular weight excluding hydrogens is 310 g/mol. The number of hydrogen-bond donors (Lipinski definition) is 2. The summed E-state index contributed by atoms with van der Waals surface area (Å²) in [5, 5.41) is 3.20. The fraction of sp³-hybridized carbons (Fsp3) is 0.583. The number of nitrogens with zero attached hydrogens (tertiary/aromatic N) is 1. The van der Waals surface area contributed by atoms with E-state index in [0.717, 1.165) is 4.47 Å². The SMILES string of the molecule is CC(C)(C)[Si](C)(C)OC(N)Nc1cc(Br)ccn1. The highest BCUT2D eigenvalue weighted by Gasteiger charge is 2.38. The molecule has 1 atom stereocenters. The van der Waals surface area contributed by atoms with E-state index >= 15 is 0 Å². The van der Waals surface area contributed by atoms with Crippen molar-refractivity contribution in [3.8, 4) is 0 Å². The highest BCUT2D eigenvalue weighted by Crippen LogP contribution is 2.36. The van der Waals surface area contributed by atoms with Crippen molar-refractivity contribution in [1.29, 1.82) is 0 Å². The number of aromatic nitrogens is 1. The second-order valence-corrected chi connectivity index (χ2v) is 11.5. The molecule has 0 bridgehead atoms. The van der Waals surface area contributed by atoms with Crippen LogP contribution in [0.3, 0.4) is 0 Å². The Morgan fingerprint density at radius 1 is 1.44 bits per heavy atom. The maximum absolute atomic E-state index is 6.00. The minimum Gasteiger partial charge on any atom is -0.386 e. The van der Waals surface area contributed by atoms with E-state index in [1.807, 2.05) is 12.1 Å². The zero-order chi connectivity index (χ0) is 14.0. The van der Waals surface area contributed by atoms with Crippen LogP contribution in [-0.2, 0) is 4.43 Å².